The Morgan fingerprint density at radius 2 is 2.04 bits per heavy atom. The SMILES string of the molecule is O=C(NCCOc1cccc(F)c1)N1CCC2(CC1)OCCO2. The minimum absolute atomic E-state index is 0.124. The molecule has 1 spiro atoms. The molecule has 7 heteroatoms. The largest absolute Gasteiger partial charge is 0.492 e. The normalized spacial score (nSPS) is 19.8. The Labute approximate surface area is 134 Å². The van der Waals surface area contributed by atoms with Gasteiger partial charge in [-0.2, -0.15) is 0 Å². The summed E-state index contributed by atoms with van der Waals surface area (Å²) >= 11 is 0. The number of ether oxygens (including phenoxy) is 3. The Bertz CT molecular complexity index is 539. The molecule has 23 heavy (non-hydrogen) atoms. The number of hydrogen-bond donors (Lipinski definition) is 1. The number of halogens is 1. The molecular formula is C16H21FN2O4. The van der Waals surface area contributed by atoms with Crippen molar-refractivity contribution in [2.24, 2.45) is 0 Å². The number of benzene rings is 1. The van der Waals surface area contributed by atoms with Gasteiger partial charge in [-0.1, -0.05) is 6.07 Å². The van der Waals surface area contributed by atoms with Crippen molar-refractivity contribution in [2.45, 2.75) is 18.6 Å². The van der Waals surface area contributed by atoms with Crippen molar-refractivity contribution in [3.8, 4) is 5.75 Å². The second-order valence-corrected chi connectivity index (χ2v) is 5.63. The maximum Gasteiger partial charge on any atom is 0.317 e. The number of hydrogen-bond acceptors (Lipinski definition) is 4. The van der Waals surface area contributed by atoms with Gasteiger partial charge in [0.1, 0.15) is 18.2 Å². The lowest BCUT2D eigenvalue weighted by molar-refractivity contribution is -0.181. The van der Waals surface area contributed by atoms with Gasteiger partial charge in [0.05, 0.1) is 19.8 Å². The van der Waals surface area contributed by atoms with Crippen LogP contribution in [0.5, 0.6) is 5.75 Å². The van der Waals surface area contributed by atoms with Crippen LogP contribution in [0.3, 0.4) is 0 Å². The molecule has 2 fully saturated rings. The maximum absolute atomic E-state index is 13.0. The molecule has 0 saturated carbocycles. The molecule has 2 saturated heterocycles. The topological polar surface area (TPSA) is 60.0 Å². The van der Waals surface area contributed by atoms with Gasteiger partial charge in [0.15, 0.2) is 5.79 Å². The van der Waals surface area contributed by atoms with Crippen LogP contribution < -0.4 is 10.1 Å². The predicted octanol–water partition coefficient (Wildman–Crippen LogP) is 1.75. The highest BCUT2D eigenvalue weighted by atomic mass is 19.1. The van der Waals surface area contributed by atoms with E-state index in [4.69, 9.17) is 14.2 Å². The van der Waals surface area contributed by atoms with E-state index in [1.165, 1.54) is 12.1 Å². The van der Waals surface area contributed by atoms with Crippen molar-refractivity contribution in [3.63, 3.8) is 0 Å². The fourth-order valence-corrected chi connectivity index (χ4v) is 2.83. The number of urea groups is 1. The van der Waals surface area contributed by atoms with Crippen molar-refractivity contribution < 1.29 is 23.4 Å². The van der Waals surface area contributed by atoms with Crippen molar-refractivity contribution in [1.82, 2.24) is 10.2 Å². The van der Waals surface area contributed by atoms with Crippen LogP contribution in [0.4, 0.5) is 9.18 Å². The van der Waals surface area contributed by atoms with Crippen molar-refractivity contribution >= 4 is 6.03 Å². The lowest BCUT2D eigenvalue weighted by Gasteiger charge is -2.37. The van der Waals surface area contributed by atoms with Gasteiger partial charge in [-0.3, -0.25) is 0 Å². The summed E-state index contributed by atoms with van der Waals surface area (Å²) in [5.74, 6) is -0.364. The minimum atomic E-state index is -0.475. The zero-order valence-electron chi connectivity index (χ0n) is 12.9. The zero-order chi connectivity index (χ0) is 16.1. The van der Waals surface area contributed by atoms with Crippen LogP contribution in [0.2, 0.25) is 0 Å². The summed E-state index contributed by atoms with van der Waals surface area (Å²) in [5.41, 5.74) is 0. The van der Waals surface area contributed by atoms with Gasteiger partial charge in [0.25, 0.3) is 0 Å². The summed E-state index contributed by atoms with van der Waals surface area (Å²) in [5, 5.41) is 2.80. The average molecular weight is 324 g/mol. The number of amides is 2. The van der Waals surface area contributed by atoms with E-state index in [2.05, 4.69) is 5.32 Å². The number of carbonyl (C=O) groups excluding carboxylic acids is 1. The molecule has 6 nitrogen and oxygen atoms in total. The predicted molar refractivity (Wildman–Crippen MR) is 80.7 cm³/mol. The molecular weight excluding hydrogens is 303 g/mol. The lowest BCUT2D eigenvalue weighted by atomic mass is 10.0. The Hall–Kier alpha value is -1.86. The van der Waals surface area contributed by atoms with Crippen LogP contribution in [0.1, 0.15) is 12.8 Å². The molecule has 0 aliphatic carbocycles. The summed E-state index contributed by atoms with van der Waals surface area (Å²) in [6.07, 6.45) is 1.39. The lowest BCUT2D eigenvalue weighted by Crippen LogP contribution is -2.50. The first-order valence-corrected chi connectivity index (χ1v) is 7.86. The number of rotatable bonds is 4. The Morgan fingerprint density at radius 1 is 1.30 bits per heavy atom. The first-order valence-electron chi connectivity index (χ1n) is 7.86. The molecule has 1 aromatic rings. The first-order chi connectivity index (χ1) is 11.2. The molecule has 2 heterocycles. The van der Waals surface area contributed by atoms with E-state index in [1.54, 1.807) is 17.0 Å². The number of carbonyl (C=O) groups is 1. The molecule has 126 valence electrons. The van der Waals surface area contributed by atoms with Crippen LogP contribution in [-0.2, 0) is 9.47 Å². The maximum atomic E-state index is 13.0. The summed E-state index contributed by atoms with van der Waals surface area (Å²) in [6.45, 7) is 3.13. The number of nitrogens with one attached hydrogen (secondary N) is 1. The molecule has 0 radical (unpaired) electrons. The number of piperidine rings is 1. The third-order valence-electron chi connectivity index (χ3n) is 4.07. The summed E-state index contributed by atoms with van der Waals surface area (Å²) in [6, 6.07) is 5.81. The Balaban J connectivity index is 1.35. The highest BCUT2D eigenvalue weighted by Crippen LogP contribution is 2.31. The smallest absolute Gasteiger partial charge is 0.317 e. The summed E-state index contributed by atoms with van der Waals surface area (Å²) in [7, 11) is 0. The molecule has 0 unspecified atom stereocenters. The zero-order valence-corrected chi connectivity index (χ0v) is 12.9. The number of nitrogens with zero attached hydrogens (tertiary/aromatic N) is 1. The average Bonchev–Trinajstić information content (AvgIpc) is 3.00. The van der Waals surface area contributed by atoms with Crippen LogP contribution in [0.15, 0.2) is 24.3 Å². The quantitative estimate of drug-likeness (QED) is 0.857. The van der Waals surface area contributed by atoms with Crippen LogP contribution in [-0.4, -0.2) is 56.2 Å². The van der Waals surface area contributed by atoms with E-state index >= 15 is 0 Å². The Kier molecular flexibility index (Phi) is 4.97. The van der Waals surface area contributed by atoms with Gasteiger partial charge in [-0.25, -0.2) is 9.18 Å². The highest BCUT2D eigenvalue weighted by molar-refractivity contribution is 5.74. The number of likely N-dealkylation sites (tertiary alicyclic amines) is 1. The van der Waals surface area contributed by atoms with Crippen LogP contribution in [0.25, 0.3) is 0 Å². The van der Waals surface area contributed by atoms with Crippen molar-refractivity contribution in [3.05, 3.63) is 30.1 Å². The van der Waals surface area contributed by atoms with Crippen molar-refractivity contribution in [2.75, 3.05) is 39.5 Å². The third-order valence-corrected chi connectivity index (χ3v) is 4.07. The van der Waals surface area contributed by atoms with Crippen molar-refractivity contribution in [1.29, 1.82) is 0 Å². The molecule has 2 aliphatic heterocycles. The molecule has 2 aliphatic rings. The molecule has 0 aromatic heterocycles. The molecule has 0 atom stereocenters. The fourth-order valence-electron chi connectivity index (χ4n) is 2.83. The monoisotopic (exact) mass is 324 g/mol. The van der Waals surface area contributed by atoms with E-state index in [1.807, 2.05) is 0 Å². The Morgan fingerprint density at radius 3 is 2.74 bits per heavy atom. The summed E-state index contributed by atoms with van der Waals surface area (Å²) < 4.78 is 29.7. The van der Waals surface area contributed by atoms with Gasteiger partial charge >= 0.3 is 6.03 Å². The van der Waals surface area contributed by atoms with Crippen LogP contribution >= 0.6 is 0 Å². The fraction of sp³-hybridized carbons (Fsp3) is 0.562. The molecule has 3 rings (SSSR count). The van der Waals surface area contributed by atoms with Gasteiger partial charge in [0.2, 0.25) is 0 Å². The first kappa shape index (κ1) is 16.0. The third kappa shape index (κ3) is 4.11. The second kappa shape index (κ2) is 7.14. The van der Waals surface area contributed by atoms with Gasteiger partial charge in [0, 0.05) is 32.0 Å². The molecule has 1 N–H and O–H groups in total. The molecule has 1 aromatic carbocycles. The van der Waals surface area contributed by atoms with E-state index < -0.39 is 5.79 Å². The van der Waals surface area contributed by atoms with Gasteiger partial charge in [-0.15, -0.1) is 0 Å². The molecule has 2 amide bonds. The second-order valence-electron chi connectivity index (χ2n) is 5.63. The van der Waals surface area contributed by atoms with Crippen LogP contribution in [0, 0.1) is 5.82 Å². The van der Waals surface area contributed by atoms with E-state index in [-0.39, 0.29) is 11.8 Å². The standard InChI is InChI=1S/C16H21FN2O4/c17-13-2-1-3-14(12-13)21-9-6-18-15(20)19-7-4-16(5-8-19)22-10-11-23-16/h1-3,12H,4-11H2,(H,18,20). The van der Waals surface area contributed by atoms with E-state index in [0.29, 0.717) is 58.0 Å². The van der Waals surface area contributed by atoms with E-state index in [0.717, 1.165) is 0 Å². The summed E-state index contributed by atoms with van der Waals surface area (Å²) in [4.78, 5) is 13.8. The highest BCUT2D eigenvalue weighted by Gasteiger charge is 2.40. The molecule has 0 bridgehead atoms. The van der Waals surface area contributed by atoms with Gasteiger partial charge in [-0.05, 0) is 12.1 Å². The van der Waals surface area contributed by atoms with E-state index in [9.17, 15) is 9.18 Å². The van der Waals surface area contributed by atoms with Gasteiger partial charge < -0.3 is 24.4 Å². The minimum Gasteiger partial charge on any atom is -0.492 e.